The van der Waals surface area contributed by atoms with E-state index in [1.54, 1.807) is 6.92 Å². The Bertz CT molecular complexity index is 532. The first-order chi connectivity index (χ1) is 8.49. The van der Waals surface area contributed by atoms with Gasteiger partial charge in [0.25, 0.3) is 5.91 Å². The predicted octanol–water partition coefficient (Wildman–Crippen LogP) is 1.95. The van der Waals surface area contributed by atoms with Gasteiger partial charge < -0.3 is 10.4 Å². The lowest BCUT2D eigenvalue weighted by Gasteiger charge is -2.06. The molecule has 0 aliphatic heterocycles. The van der Waals surface area contributed by atoms with E-state index in [0.717, 1.165) is 0 Å². The van der Waals surface area contributed by atoms with Crippen LogP contribution in [0.2, 0.25) is 0 Å². The number of halogens is 3. The smallest absolute Gasteiger partial charge is 0.254 e. The van der Waals surface area contributed by atoms with E-state index in [1.807, 2.05) is 0 Å². The summed E-state index contributed by atoms with van der Waals surface area (Å²) >= 11 is 0. The van der Waals surface area contributed by atoms with Crippen molar-refractivity contribution in [3.63, 3.8) is 0 Å². The number of rotatable bonds is 3. The van der Waals surface area contributed by atoms with E-state index in [2.05, 4.69) is 17.2 Å². The van der Waals surface area contributed by atoms with Crippen LogP contribution >= 0.6 is 0 Å². The average molecular weight is 257 g/mol. The summed E-state index contributed by atoms with van der Waals surface area (Å²) in [6.45, 7) is 1.76. The summed E-state index contributed by atoms with van der Waals surface area (Å²) < 4.78 is 39.0. The molecule has 3 nitrogen and oxygen atoms in total. The van der Waals surface area contributed by atoms with Gasteiger partial charge in [0.2, 0.25) is 5.82 Å². The number of hydrogen-bond donors (Lipinski definition) is 2. The summed E-state index contributed by atoms with van der Waals surface area (Å²) in [6, 6.07) is 0.394. The maximum Gasteiger partial charge on any atom is 0.254 e. The first-order valence-corrected chi connectivity index (χ1v) is 5.03. The summed E-state index contributed by atoms with van der Waals surface area (Å²) in [5, 5.41) is 11.2. The summed E-state index contributed by atoms with van der Waals surface area (Å²) in [5.74, 6) is -1.91. The molecule has 0 spiro atoms. The quantitative estimate of drug-likeness (QED) is 0.494. The SMILES string of the molecule is CC#CCCNC(=O)c1cc(F)c(F)c(O)c1F. The molecule has 0 aromatic heterocycles. The molecule has 0 unspecified atom stereocenters. The Hall–Kier alpha value is -2.16. The minimum atomic E-state index is -1.72. The zero-order valence-corrected chi connectivity index (χ0v) is 9.48. The number of hydrogen-bond acceptors (Lipinski definition) is 2. The highest BCUT2D eigenvalue weighted by Crippen LogP contribution is 2.25. The number of amides is 1. The molecule has 0 aliphatic rings. The number of carbonyl (C=O) groups is 1. The zero-order chi connectivity index (χ0) is 13.7. The van der Waals surface area contributed by atoms with Crippen molar-refractivity contribution in [2.24, 2.45) is 0 Å². The Morgan fingerprint density at radius 1 is 1.39 bits per heavy atom. The second-order valence-corrected chi connectivity index (χ2v) is 3.32. The molecule has 1 aromatic rings. The standard InChI is InChI=1S/C12H10F3NO2/c1-2-3-4-5-16-12(18)7-6-8(13)10(15)11(17)9(7)14/h6,17H,4-5H2,1H3,(H,16,18). The van der Waals surface area contributed by atoms with Crippen LogP contribution in [0.1, 0.15) is 23.7 Å². The molecule has 6 heteroatoms. The van der Waals surface area contributed by atoms with E-state index in [9.17, 15) is 18.0 Å². The van der Waals surface area contributed by atoms with Gasteiger partial charge in [-0.25, -0.2) is 8.78 Å². The van der Waals surface area contributed by atoms with Gasteiger partial charge in [0, 0.05) is 13.0 Å². The monoisotopic (exact) mass is 257 g/mol. The maximum atomic E-state index is 13.3. The molecule has 1 aromatic carbocycles. The number of nitrogens with one attached hydrogen (secondary N) is 1. The number of aromatic hydroxyl groups is 1. The van der Waals surface area contributed by atoms with Crippen molar-refractivity contribution in [2.75, 3.05) is 6.54 Å². The molecule has 1 amide bonds. The fourth-order valence-electron chi connectivity index (χ4n) is 1.21. The molecule has 0 saturated heterocycles. The highest BCUT2D eigenvalue weighted by atomic mass is 19.2. The zero-order valence-electron chi connectivity index (χ0n) is 9.48. The molecule has 1 rings (SSSR count). The van der Waals surface area contributed by atoms with Gasteiger partial charge in [-0.3, -0.25) is 4.79 Å². The molecular weight excluding hydrogens is 247 g/mol. The lowest BCUT2D eigenvalue weighted by Crippen LogP contribution is -2.25. The van der Waals surface area contributed by atoms with Gasteiger partial charge >= 0.3 is 0 Å². The van der Waals surface area contributed by atoms with Gasteiger partial charge in [-0.2, -0.15) is 4.39 Å². The maximum absolute atomic E-state index is 13.3. The Labute approximate surface area is 102 Å². The fourth-order valence-corrected chi connectivity index (χ4v) is 1.21. The molecule has 0 heterocycles. The Morgan fingerprint density at radius 2 is 2.06 bits per heavy atom. The molecule has 0 bridgehead atoms. The Morgan fingerprint density at radius 3 is 2.67 bits per heavy atom. The van der Waals surface area contributed by atoms with E-state index in [-0.39, 0.29) is 6.54 Å². The molecule has 0 aliphatic carbocycles. The van der Waals surface area contributed by atoms with Gasteiger partial charge in [0.1, 0.15) is 0 Å². The van der Waals surface area contributed by atoms with Crippen LogP contribution in [-0.4, -0.2) is 17.6 Å². The molecule has 0 radical (unpaired) electrons. The third-order valence-corrected chi connectivity index (χ3v) is 2.09. The van der Waals surface area contributed by atoms with Crippen LogP contribution in [0.15, 0.2) is 6.07 Å². The normalized spacial score (nSPS) is 9.56. The number of phenolic OH excluding ortho intramolecular Hbond substituents is 1. The first kappa shape index (κ1) is 13.9. The van der Waals surface area contributed by atoms with Gasteiger partial charge in [0.05, 0.1) is 5.56 Å². The van der Waals surface area contributed by atoms with Crippen LogP contribution in [-0.2, 0) is 0 Å². The number of phenols is 1. The predicted molar refractivity (Wildman–Crippen MR) is 58.4 cm³/mol. The van der Waals surface area contributed by atoms with E-state index >= 15 is 0 Å². The van der Waals surface area contributed by atoms with Gasteiger partial charge in [0.15, 0.2) is 17.4 Å². The van der Waals surface area contributed by atoms with E-state index in [4.69, 9.17) is 5.11 Å². The fraction of sp³-hybridized carbons (Fsp3) is 0.250. The van der Waals surface area contributed by atoms with Crippen LogP contribution in [0.5, 0.6) is 5.75 Å². The van der Waals surface area contributed by atoms with E-state index < -0.39 is 34.7 Å². The summed E-state index contributed by atoms with van der Waals surface area (Å²) in [6.07, 6.45) is 0.347. The molecule has 18 heavy (non-hydrogen) atoms. The van der Waals surface area contributed by atoms with Crippen LogP contribution in [0.4, 0.5) is 13.2 Å². The molecular formula is C12H10F3NO2. The van der Waals surface area contributed by atoms with Crippen molar-refractivity contribution in [1.82, 2.24) is 5.32 Å². The topological polar surface area (TPSA) is 49.3 Å². The van der Waals surface area contributed by atoms with Gasteiger partial charge in [-0.15, -0.1) is 11.8 Å². The van der Waals surface area contributed by atoms with Crippen LogP contribution in [0.25, 0.3) is 0 Å². The van der Waals surface area contributed by atoms with Crippen molar-refractivity contribution in [1.29, 1.82) is 0 Å². The van der Waals surface area contributed by atoms with Crippen molar-refractivity contribution in [3.8, 4) is 17.6 Å². The molecule has 0 saturated carbocycles. The lowest BCUT2D eigenvalue weighted by atomic mass is 10.1. The molecule has 96 valence electrons. The average Bonchev–Trinajstić information content (AvgIpc) is 2.36. The highest BCUT2D eigenvalue weighted by Gasteiger charge is 2.21. The van der Waals surface area contributed by atoms with E-state index in [1.165, 1.54) is 0 Å². The second-order valence-electron chi connectivity index (χ2n) is 3.32. The largest absolute Gasteiger partial charge is 0.503 e. The Balaban J connectivity index is 2.88. The third-order valence-electron chi connectivity index (χ3n) is 2.09. The summed E-state index contributed by atoms with van der Waals surface area (Å²) in [4.78, 5) is 11.4. The first-order valence-electron chi connectivity index (χ1n) is 5.03. The highest BCUT2D eigenvalue weighted by molar-refractivity contribution is 5.94. The summed E-state index contributed by atoms with van der Waals surface area (Å²) in [5.41, 5.74) is -0.754. The van der Waals surface area contributed by atoms with Gasteiger partial charge in [-0.05, 0) is 13.0 Å². The van der Waals surface area contributed by atoms with Crippen molar-refractivity contribution in [2.45, 2.75) is 13.3 Å². The minimum absolute atomic E-state index is 0.138. The Kier molecular flexibility index (Phi) is 4.60. The molecule has 0 atom stereocenters. The summed E-state index contributed by atoms with van der Waals surface area (Å²) in [7, 11) is 0. The van der Waals surface area contributed by atoms with Crippen LogP contribution in [0, 0.1) is 29.3 Å². The molecule has 0 fully saturated rings. The van der Waals surface area contributed by atoms with E-state index in [0.29, 0.717) is 12.5 Å². The van der Waals surface area contributed by atoms with Gasteiger partial charge in [-0.1, -0.05) is 0 Å². The van der Waals surface area contributed by atoms with Crippen LogP contribution in [0.3, 0.4) is 0 Å². The van der Waals surface area contributed by atoms with Crippen molar-refractivity contribution >= 4 is 5.91 Å². The second kappa shape index (κ2) is 5.96. The number of carbonyl (C=O) groups excluding carboxylic acids is 1. The van der Waals surface area contributed by atoms with Crippen LogP contribution < -0.4 is 5.32 Å². The third kappa shape index (κ3) is 2.94. The van der Waals surface area contributed by atoms with Crippen molar-refractivity contribution in [3.05, 3.63) is 29.1 Å². The minimum Gasteiger partial charge on any atom is -0.503 e. The molecule has 2 N–H and O–H groups in total. The number of benzene rings is 1. The van der Waals surface area contributed by atoms with Crippen molar-refractivity contribution < 1.29 is 23.1 Å². The lowest BCUT2D eigenvalue weighted by molar-refractivity contribution is 0.0948.